The summed E-state index contributed by atoms with van der Waals surface area (Å²) in [6, 6.07) is 18.4. The lowest BCUT2D eigenvalue weighted by Gasteiger charge is -2.08. The molecule has 1 aromatic heterocycles. The molecule has 0 aliphatic rings. The van der Waals surface area contributed by atoms with Gasteiger partial charge in [0.15, 0.2) is 17.5 Å². The van der Waals surface area contributed by atoms with E-state index in [-0.39, 0.29) is 22.3 Å². The summed E-state index contributed by atoms with van der Waals surface area (Å²) in [6.45, 7) is 0. The Hall–Kier alpha value is -3.74. The zero-order chi connectivity index (χ0) is 18.8. The number of fused-ring (bicyclic) bond motifs is 1. The van der Waals surface area contributed by atoms with Gasteiger partial charge in [-0.25, -0.2) is 13.6 Å². The second-order valence-corrected chi connectivity index (χ2v) is 5.86. The highest BCUT2D eigenvalue weighted by atomic mass is 19.2. The summed E-state index contributed by atoms with van der Waals surface area (Å²) in [4.78, 5) is 12.2. The average Bonchev–Trinajstić information content (AvgIpc) is 3.08. The standard InChI is InChI=1S/C20H14F2N4O/c21-16-14(12-7-3-1-4-8-12)11-15-18(17(16)22)25-26-19(15)24-20(27)23-13-9-5-2-6-10-13/h1-11H,(H3,23,24,25,26,27). The van der Waals surface area contributed by atoms with Crippen LogP contribution in [0.1, 0.15) is 0 Å². The monoisotopic (exact) mass is 364 g/mol. The normalized spacial score (nSPS) is 10.7. The van der Waals surface area contributed by atoms with E-state index in [1.54, 1.807) is 54.6 Å². The van der Waals surface area contributed by atoms with E-state index in [9.17, 15) is 13.6 Å². The molecule has 3 aromatic carbocycles. The van der Waals surface area contributed by atoms with Crippen LogP contribution in [0.2, 0.25) is 0 Å². The minimum Gasteiger partial charge on any atom is -0.308 e. The van der Waals surface area contributed by atoms with E-state index in [4.69, 9.17) is 0 Å². The van der Waals surface area contributed by atoms with Crippen LogP contribution >= 0.6 is 0 Å². The van der Waals surface area contributed by atoms with Gasteiger partial charge in [-0.3, -0.25) is 10.4 Å². The second-order valence-electron chi connectivity index (χ2n) is 5.86. The van der Waals surface area contributed by atoms with Crippen LogP contribution in [0.3, 0.4) is 0 Å². The molecule has 0 spiro atoms. The molecule has 4 rings (SSSR count). The molecular weight excluding hydrogens is 350 g/mol. The first-order valence-corrected chi connectivity index (χ1v) is 8.18. The Morgan fingerprint density at radius 3 is 2.26 bits per heavy atom. The van der Waals surface area contributed by atoms with E-state index in [2.05, 4.69) is 20.8 Å². The summed E-state index contributed by atoms with van der Waals surface area (Å²) in [5.41, 5.74) is 1.10. The summed E-state index contributed by atoms with van der Waals surface area (Å²) in [7, 11) is 0. The molecule has 4 aromatic rings. The number of anilines is 2. The topological polar surface area (TPSA) is 69.8 Å². The third-order valence-electron chi connectivity index (χ3n) is 4.09. The highest BCUT2D eigenvalue weighted by molar-refractivity contribution is 6.05. The number of aromatic nitrogens is 2. The molecule has 1 heterocycles. The van der Waals surface area contributed by atoms with Gasteiger partial charge in [-0.15, -0.1) is 0 Å². The predicted octanol–water partition coefficient (Wildman–Crippen LogP) is 5.15. The van der Waals surface area contributed by atoms with Gasteiger partial charge in [0.25, 0.3) is 0 Å². The third kappa shape index (κ3) is 3.22. The second kappa shape index (κ2) is 6.87. The number of nitrogens with one attached hydrogen (secondary N) is 3. The van der Waals surface area contributed by atoms with Crippen molar-refractivity contribution in [3.63, 3.8) is 0 Å². The lowest BCUT2D eigenvalue weighted by molar-refractivity contribution is 0.262. The summed E-state index contributed by atoms with van der Waals surface area (Å²) >= 11 is 0. The molecule has 0 bridgehead atoms. The molecule has 5 nitrogen and oxygen atoms in total. The molecule has 7 heteroatoms. The van der Waals surface area contributed by atoms with E-state index in [0.29, 0.717) is 11.3 Å². The molecule has 134 valence electrons. The van der Waals surface area contributed by atoms with Gasteiger partial charge < -0.3 is 5.32 Å². The number of H-pyrrole nitrogens is 1. The van der Waals surface area contributed by atoms with Crippen LogP contribution in [0.15, 0.2) is 66.7 Å². The predicted molar refractivity (Wildman–Crippen MR) is 101 cm³/mol. The number of halogens is 2. The van der Waals surface area contributed by atoms with Gasteiger partial charge in [0.05, 0.1) is 0 Å². The van der Waals surface area contributed by atoms with E-state index >= 15 is 0 Å². The number of urea groups is 1. The van der Waals surface area contributed by atoms with Crippen LogP contribution in [0.5, 0.6) is 0 Å². The van der Waals surface area contributed by atoms with Gasteiger partial charge in [-0.2, -0.15) is 5.10 Å². The molecule has 0 fully saturated rings. The van der Waals surface area contributed by atoms with Crippen LogP contribution < -0.4 is 10.6 Å². The van der Waals surface area contributed by atoms with Crippen molar-refractivity contribution in [1.82, 2.24) is 10.2 Å². The number of hydrogen-bond acceptors (Lipinski definition) is 2. The van der Waals surface area contributed by atoms with Crippen LogP contribution in [0.25, 0.3) is 22.0 Å². The van der Waals surface area contributed by atoms with Gasteiger partial charge >= 0.3 is 6.03 Å². The van der Waals surface area contributed by atoms with Gasteiger partial charge in [-0.1, -0.05) is 48.5 Å². The highest BCUT2D eigenvalue weighted by Gasteiger charge is 2.20. The Labute approximate surface area is 153 Å². The van der Waals surface area contributed by atoms with Crippen molar-refractivity contribution in [2.24, 2.45) is 0 Å². The summed E-state index contributed by atoms with van der Waals surface area (Å²) in [5.74, 6) is -1.91. The van der Waals surface area contributed by atoms with Crippen LogP contribution in [0.4, 0.5) is 25.1 Å². The van der Waals surface area contributed by atoms with Crippen molar-refractivity contribution in [1.29, 1.82) is 0 Å². The van der Waals surface area contributed by atoms with Crippen molar-refractivity contribution in [3.05, 3.63) is 78.4 Å². The number of carbonyl (C=O) groups excluding carboxylic acids is 1. The van der Waals surface area contributed by atoms with Gasteiger partial charge in [0, 0.05) is 16.6 Å². The SMILES string of the molecule is O=C(Nc1ccccc1)Nc1n[nH]c2c(F)c(F)c(-c3ccccc3)cc12. The number of nitrogens with zero attached hydrogens (tertiary/aromatic N) is 1. The van der Waals surface area contributed by atoms with Crippen LogP contribution in [-0.4, -0.2) is 16.2 Å². The van der Waals surface area contributed by atoms with Crippen LogP contribution in [0, 0.1) is 11.6 Å². The largest absolute Gasteiger partial charge is 0.324 e. The average molecular weight is 364 g/mol. The quantitative estimate of drug-likeness (QED) is 0.470. The molecule has 0 aliphatic carbocycles. The number of amides is 2. The number of para-hydroxylation sites is 1. The maximum atomic E-state index is 14.5. The molecule has 2 amide bonds. The molecule has 0 aliphatic heterocycles. The lowest BCUT2D eigenvalue weighted by Crippen LogP contribution is -2.19. The van der Waals surface area contributed by atoms with E-state index < -0.39 is 17.7 Å². The van der Waals surface area contributed by atoms with Gasteiger partial charge in [-0.05, 0) is 23.8 Å². The van der Waals surface area contributed by atoms with Crippen molar-refractivity contribution < 1.29 is 13.6 Å². The van der Waals surface area contributed by atoms with E-state index in [1.165, 1.54) is 6.07 Å². The minimum atomic E-state index is -1.05. The van der Waals surface area contributed by atoms with Crippen molar-refractivity contribution in [2.75, 3.05) is 10.6 Å². The number of carbonyl (C=O) groups is 1. The number of benzene rings is 3. The molecular formula is C20H14F2N4O. The first-order valence-electron chi connectivity index (χ1n) is 8.18. The number of rotatable bonds is 3. The minimum absolute atomic E-state index is 0.0912. The van der Waals surface area contributed by atoms with E-state index in [1.807, 2.05) is 6.07 Å². The maximum Gasteiger partial charge on any atom is 0.324 e. The summed E-state index contributed by atoms with van der Waals surface area (Å²) in [6.07, 6.45) is 0. The fourth-order valence-electron chi connectivity index (χ4n) is 2.81. The Morgan fingerprint density at radius 2 is 1.56 bits per heavy atom. The Bertz CT molecular complexity index is 1110. The summed E-state index contributed by atoms with van der Waals surface area (Å²) < 4.78 is 28.9. The Morgan fingerprint density at radius 1 is 0.889 bits per heavy atom. The number of hydrogen-bond donors (Lipinski definition) is 3. The lowest BCUT2D eigenvalue weighted by atomic mass is 10.0. The smallest absolute Gasteiger partial charge is 0.308 e. The van der Waals surface area contributed by atoms with Gasteiger partial charge in [0.1, 0.15) is 5.52 Å². The fraction of sp³-hybridized carbons (Fsp3) is 0. The maximum absolute atomic E-state index is 14.5. The summed E-state index contributed by atoms with van der Waals surface area (Å²) in [5, 5.41) is 11.8. The van der Waals surface area contributed by atoms with Crippen molar-refractivity contribution >= 4 is 28.4 Å². The molecule has 0 atom stereocenters. The third-order valence-corrected chi connectivity index (χ3v) is 4.09. The fourth-order valence-corrected chi connectivity index (χ4v) is 2.81. The Kier molecular flexibility index (Phi) is 4.25. The molecule has 0 saturated carbocycles. The molecule has 0 saturated heterocycles. The van der Waals surface area contributed by atoms with Crippen molar-refractivity contribution in [3.8, 4) is 11.1 Å². The zero-order valence-corrected chi connectivity index (χ0v) is 14.0. The highest BCUT2D eigenvalue weighted by Crippen LogP contribution is 2.32. The Balaban J connectivity index is 1.70. The van der Waals surface area contributed by atoms with Gasteiger partial charge in [0.2, 0.25) is 0 Å². The molecule has 0 radical (unpaired) electrons. The first kappa shape index (κ1) is 16.7. The zero-order valence-electron chi connectivity index (χ0n) is 14.0. The van der Waals surface area contributed by atoms with Crippen molar-refractivity contribution in [2.45, 2.75) is 0 Å². The van der Waals surface area contributed by atoms with E-state index in [0.717, 1.165) is 0 Å². The molecule has 27 heavy (non-hydrogen) atoms. The molecule has 3 N–H and O–H groups in total. The first-order chi connectivity index (χ1) is 13.1. The number of aromatic amines is 1. The van der Waals surface area contributed by atoms with Crippen LogP contribution in [-0.2, 0) is 0 Å². The molecule has 0 unspecified atom stereocenters.